The second-order valence-electron chi connectivity index (χ2n) is 6.03. The zero-order valence-electron chi connectivity index (χ0n) is 14.6. The van der Waals surface area contributed by atoms with Crippen molar-refractivity contribution in [1.82, 2.24) is 4.98 Å². The van der Waals surface area contributed by atoms with Gasteiger partial charge >= 0.3 is 5.97 Å². The molecule has 0 fully saturated rings. The van der Waals surface area contributed by atoms with Gasteiger partial charge in [0.25, 0.3) is 10.0 Å². The third-order valence-corrected chi connectivity index (χ3v) is 8.07. The van der Waals surface area contributed by atoms with Crippen LogP contribution in [0.25, 0.3) is 11.3 Å². The predicted octanol–water partition coefficient (Wildman–Crippen LogP) is 3.72. The Labute approximate surface area is 165 Å². The summed E-state index contributed by atoms with van der Waals surface area (Å²) in [6.45, 7) is 2.29. The van der Waals surface area contributed by atoms with Crippen molar-refractivity contribution in [2.45, 2.75) is 18.2 Å². The molecular weight excluding hydrogens is 404 g/mol. The minimum Gasteiger partial charge on any atom is -0.465 e. The van der Waals surface area contributed by atoms with Crippen LogP contribution in [0.15, 0.2) is 39.9 Å². The van der Waals surface area contributed by atoms with E-state index in [1.54, 1.807) is 16.7 Å². The first-order valence-electron chi connectivity index (χ1n) is 8.16. The molecule has 0 amide bonds. The number of hydrogen-bond donors (Lipinski definition) is 0. The van der Waals surface area contributed by atoms with Gasteiger partial charge < -0.3 is 4.74 Å². The van der Waals surface area contributed by atoms with Crippen LogP contribution in [0.3, 0.4) is 0 Å². The molecule has 0 radical (unpaired) electrons. The minimum absolute atomic E-state index is 0.00796. The first kappa shape index (κ1) is 18.1. The molecule has 1 aromatic carbocycles. The fraction of sp³-hybridized carbons (Fsp3) is 0.222. The number of aryl methyl sites for hydroxylation is 1. The number of thiazole rings is 1. The van der Waals surface area contributed by atoms with Crippen molar-refractivity contribution >= 4 is 44.4 Å². The van der Waals surface area contributed by atoms with Crippen molar-refractivity contribution in [2.75, 3.05) is 18.0 Å². The molecule has 1 aliphatic rings. The second-order valence-corrected chi connectivity index (χ2v) is 9.84. The number of methoxy groups -OCH3 is 1. The Balaban J connectivity index is 1.72. The van der Waals surface area contributed by atoms with E-state index in [1.165, 1.54) is 17.5 Å². The number of benzene rings is 1. The highest BCUT2D eigenvalue weighted by atomic mass is 32.2. The Hall–Kier alpha value is -2.23. The summed E-state index contributed by atoms with van der Waals surface area (Å²) >= 11 is 2.65. The fourth-order valence-corrected chi connectivity index (χ4v) is 6.57. The lowest BCUT2D eigenvalue weighted by Crippen LogP contribution is -2.29. The number of ether oxygens (including phenoxy) is 1. The fourth-order valence-electron chi connectivity index (χ4n) is 3.14. The van der Waals surface area contributed by atoms with Crippen molar-refractivity contribution in [1.29, 1.82) is 0 Å². The van der Waals surface area contributed by atoms with E-state index in [9.17, 15) is 13.2 Å². The molecule has 0 unspecified atom stereocenters. The molecule has 140 valence electrons. The van der Waals surface area contributed by atoms with Gasteiger partial charge in [0.2, 0.25) is 0 Å². The molecule has 3 aromatic rings. The van der Waals surface area contributed by atoms with Gasteiger partial charge in [-0.15, -0.1) is 22.7 Å². The van der Waals surface area contributed by atoms with E-state index >= 15 is 0 Å². The van der Waals surface area contributed by atoms with Gasteiger partial charge in [-0.2, -0.15) is 0 Å². The lowest BCUT2D eigenvalue weighted by Gasteiger charge is -2.19. The molecule has 0 aliphatic carbocycles. The highest BCUT2D eigenvalue weighted by Gasteiger charge is 2.34. The van der Waals surface area contributed by atoms with Crippen LogP contribution in [0.1, 0.15) is 20.2 Å². The minimum atomic E-state index is -3.84. The Morgan fingerprint density at radius 2 is 2.07 bits per heavy atom. The van der Waals surface area contributed by atoms with Crippen molar-refractivity contribution in [3.8, 4) is 11.3 Å². The van der Waals surface area contributed by atoms with E-state index < -0.39 is 16.0 Å². The molecule has 0 bridgehead atoms. The largest absolute Gasteiger partial charge is 0.465 e. The Morgan fingerprint density at radius 3 is 2.78 bits per heavy atom. The standard InChI is InChI=1S/C18H16N2O4S3/c1-11-19-14(10-26-11)12-3-4-15-13(9-12)5-7-20(15)27(22,23)16-6-8-25-17(16)18(21)24-2/h3-4,6,8-10H,5,7H2,1-2H3. The lowest BCUT2D eigenvalue weighted by molar-refractivity contribution is 0.0602. The van der Waals surface area contributed by atoms with Gasteiger partial charge in [0.1, 0.15) is 9.77 Å². The van der Waals surface area contributed by atoms with E-state index in [0.29, 0.717) is 18.7 Å². The van der Waals surface area contributed by atoms with Gasteiger partial charge in [-0.3, -0.25) is 4.31 Å². The summed E-state index contributed by atoms with van der Waals surface area (Å²) in [4.78, 5) is 16.5. The quantitative estimate of drug-likeness (QED) is 0.601. The maximum absolute atomic E-state index is 13.2. The van der Waals surface area contributed by atoms with Gasteiger partial charge in [-0.1, -0.05) is 6.07 Å². The van der Waals surface area contributed by atoms with Crippen molar-refractivity contribution in [2.24, 2.45) is 0 Å². The number of esters is 1. The first-order valence-corrected chi connectivity index (χ1v) is 11.4. The number of rotatable bonds is 4. The predicted molar refractivity (Wildman–Crippen MR) is 106 cm³/mol. The molecule has 0 atom stereocenters. The number of thiophene rings is 1. The molecule has 27 heavy (non-hydrogen) atoms. The lowest BCUT2D eigenvalue weighted by atomic mass is 10.1. The van der Waals surface area contributed by atoms with Crippen LogP contribution in [0, 0.1) is 6.92 Å². The Kier molecular flexibility index (Phi) is 4.53. The SMILES string of the molecule is COC(=O)c1sccc1S(=O)(=O)N1CCc2cc(-c3csc(C)n3)ccc21. The number of aromatic nitrogens is 1. The van der Waals surface area contributed by atoms with Crippen LogP contribution in [0.4, 0.5) is 5.69 Å². The zero-order valence-corrected chi connectivity index (χ0v) is 17.1. The number of sulfonamides is 1. The van der Waals surface area contributed by atoms with E-state index in [4.69, 9.17) is 4.74 Å². The summed E-state index contributed by atoms with van der Waals surface area (Å²) in [5, 5.41) is 4.57. The van der Waals surface area contributed by atoms with Crippen molar-refractivity contribution in [3.05, 3.63) is 50.5 Å². The first-order chi connectivity index (χ1) is 12.9. The maximum Gasteiger partial charge on any atom is 0.349 e. The van der Waals surface area contributed by atoms with Gasteiger partial charge in [0.15, 0.2) is 0 Å². The third kappa shape index (κ3) is 3.05. The van der Waals surface area contributed by atoms with Crippen LogP contribution in [-0.4, -0.2) is 33.0 Å². The van der Waals surface area contributed by atoms with Crippen LogP contribution in [-0.2, 0) is 21.2 Å². The molecule has 3 heterocycles. The zero-order chi connectivity index (χ0) is 19.2. The highest BCUT2D eigenvalue weighted by molar-refractivity contribution is 7.93. The van der Waals surface area contributed by atoms with Crippen LogP contribution in [0.2, 0.25) is 0 Å². The summed E-state index contributed by atoms with van der Waals surface area (Å²) < 4.78 is 32.4. The van der Waals surface area contributed by atoms with Crippen LogP contribution in [0.5, 0.6) is 0 Å². The van der Waals surface area contributed by atoms with E-state index in [2.05, 4.69) is 4.98 Å². The molecule has 0 spiro atoms. The topological polar surface area (TPSA) is 76.6 Å². The smallest absolute Gasteiger partial charge is 0.349 e. The molecule has 0 saturated carbocycles. The van der Waals surface area contributed by atoms with Gasteiger partial charge in [0.05, 0.1) is 23.5 Å². The number of hydrogen-bond acceptors (Lipinski definition) is 7. The van der Waals surface area contributed by atoms with Gasteiger partial charge in [0, 0.05) is 17.5 Å². The summed E-state index contributed by atoms with van der Waals surface area (Å²) in [5.74, 6) is -0.641. The van der Waals surface area contributed by atoms with E-state index in [0.717, 1.165) is 33.2 Å². The average molecular weight is 421 g/mol. The van der Waals surface area contributed by atoms with E-state index in [1.807, 2.05) is 30.5 Å². The normalized spacial score (nSPS) is 13.6. The Bertz CT molecular complexity index is 1130. The number of nitrogens with zero attached hydrogens (tertiary/aromatic N) is 2. The second kappa shape index (κ2) is 6.74. The highest BCUT2D eigenvalue weighted by Crippen LogP contribution is 2.37. The van der Waals surface area contributed by atoms with E-state index in [-0.39, 0.29) is 9.77 Å². The van der Waals surface area contributed by atoms with Crippen LogP contribution < -0.4 is 4.31 Å². The monoisotopic (exact) mass is 420 g/mol. The molecule has 9 heteroatoms. The maximum atomic E-state index is 13.2. The van der Waals surface area contributed by atoms with Crippen LogP contribution >= 0.6 is 22.7 Å². The Morgan fingerprint density at radius 1 is 1.26 bits per heavy atom. The number of fused-ring (bicyclic) bond motifs is 1. The van der Waals surface area contributed by atoms with Gasteiger partial charge in [-0.05, 0) is 42.5 Å². The molecule has 6 nitrogen and oxygen atoms in total. The summed E-state index contributed by atoms with van der Waals surface area (Å²) in [6.07, 6.45) is 0.614. The molecule has 1 aliphatic heterocycles. The molecule has 0 saturated heterocycles. The van der Waals surface area contributed by atoms with Crippen molar-refractivity contribution in [3.63, 3.8) is 0 Å². The average Bonchev–Trinajstić information content (AvgIpc) is 3.39. The van der Waals surface area contributed by atoms with Crippen molar-refractivity contribution < 1.29 is 17.9 Å². The molecule has 0 N–H and O–H groups in total. The third-order valence-electron chi connectivity index (χ3n) is 4.42. The molecular formula is C18H16N2O4S3. The number of anilines is 1. The molecule has 2 aromatic heterocycles. The number of carbonyl (C=O) groups is 1. The summed E-state index contributed by atoms with van der Waals surface area (Å²) in [5.41, 5.74) is 3.47. The molecule has 4 rings (SSSR count). The van der Waals surface area contributed by atoms with Gasteiger partial charge in [-0.25, -0.2) is 18.2 Å². The summed E-state index contributed by atoms with van der Waals surface area (Å²) in [6, 6.07) is 7.15. The number of carbonyl (C=O) groups excluding carboxylic acids is 1. The summed E-state index contributed by atoms with van der Waals surface area (Å²) in [7, 11) is -2.60.